The van der Waals surface area contributed by atoms with E-state index in [0.717, 1.165) is 37.1 Å². The van der Waals surface area contributed by atoms with Crippen LogP contribution >= 0.6 is 24.0 Å². The van der Waals surface area contributed by atoms with Crippen LogP contribution in [0.4, 0.5) is 0 Å². The first-order chi connectivity index (χ1) is 14.1. The van der Waals surface area contributed by atoms with E-state index in [1.54, 1.807) is 0 Å². The molecule has 0 radical (unpaired) electrons. The number of rotatable bonds is 11. The maximum Gasteiger partial charge on any atom is 0.251 e. The number of likely N-dealkylation sites (N-methyl/N-ethyl adjacent to an activating group) is 1. The minimum Gasteiger partial charge on any atom is -0.357 e. The third-order valence-electron chi connectivity index (χ3n) is 5.35. The van der Waals surface area contributed by atoms with Gasteiger partial charge in [-0.15, -0.1) is 24.0 Å². The van der Waals surface area contributed by atoms with Gasteiger partial charge in [0, 0.05) is 31.7 Å². The number of hydrogen-bond donors (Lipinski definition) is 3. The van der Waals surface area contributed by atoms with Crippen molar-refractivity contribution in [3.63, 3.8) is 0 Å². The lowest BCUT2D eigenvalue weighted by Crippen LogP contribution is -2.37. The highest BCUT2D eigenvalue weighted by molar-refractivity contribution is 14.0. The van der Waals surface area contributed by atoms with Gasteiger partial charge in [0.25, 0.3) is 5.91 Å². The SMILES string of the molecule is CCNC(=NCc1cccc(C(=O)NCCN(C)C)c1)NCCCC1CCCC1.I. The fourth-order valence-electron chi connectivity index (χ4n) is 3.71. The van der Waals surface area contributed by atoms with Crippen LogP contribution in [0.5, 0.6) is 0 Å². The van der Waals surface area contributed by atoms with E-state index in [0.29, 0.717) is 18.7 Å². The van der Waals surface area contributed by atoms with Crippen molar-refractivity contribution in [3.05, 3.63) is 35.4 Å². The van der Waals surface area contributed by atoms with E-state index in [1.807, 2.05) is 38.4 Å². The van der Waals surface area contributed by atoms with Crippen LogP contribution in [0, 0.1) is 5.92 Å². The first-order valence-electron chi connectivity index (χ1n) is 11.1. The Morgan fingerprint density at radius 1 is 1.13 bits per heavy atom. The first-order valence-corrected chi connectivity index (χ1v) is 11.1. The number of halogens is 1. The third-order valence-corrected chi connectivity index (χ3v) is 5.35. The predicted octanol–water partition coefficient (Wildman–Crippen LogP) is 3.62. The molecular formula is C23H40IN5O. The van der Waals surface area contributed by atoms with E-state index in [1.165, 1.54) is 38.5 Å². The molecule has 2 rings (SSSR count). The van der Waals surface area contributed by atoms with Crippen molar-refractivity contribution >= 4 is 35.8 Å². The molecule has 7 heteroatoms. The Hall–Kier alpha value is -1.35. The molecule has 1 aliphatic carbocycles. The Morgan fingerprint density at radius 3 is 2.60 bits per heavy atom. The van der Waals surface area contributed by atoms with Gasteiger partial charge < -0.3 is 20.9 Å². The number of hydrogen-bond acceptors (Lipinski definition) is 3. The molecule has 0 aliphatic heterocycles. The smallest absolute Gasteiger partial charge is 0.251 e. The molecule has 0 spiro atoms. The fraction of sp³-hybridized carbons (Fsp3) is 0.652. The first kappa shape index (κ1) is 26.7. The number of amides is 1. The van der Waals surface area contributed by atoms with Crippen LogP contribution < -0.4 is 16.0 Å². The molecule has 1 saturated carbocycles. The lowest BCUT2D eigenvalue weighted by atomic mass is 10.0. The molecule has 1 amide bonds. The summed E-state index contributed by atoms with van der Waals surface area (Å²) in [6.07, 6.45) is 8.15. The van der Waals surface area contributed by atoms with Gasteiger partial charge >= 0.3 is 0 Å². The molecule has 30 heavy (non-hydrogen) atoms. The average molecular weight is 530 g/mol. The molecule has 6 nitrogen and oxygen atoms in total. The number of carbonyl (C=O) groups is 1. The predicted molar refractivity (Wildman–Crippen MR) is 137 cm³/mol. The van der Waals surface area contributed by atoms with E-state index in [4.69, 9.17) is 4.99 Å². The van der Waals surface area contributed by atoms with Crippen LogP contribution in [0.3, 0.4) is 0 Å². The molecular weight excluding hydrogens is 489 g/mol. The van der Waals surface area contributed by atoms with Gasteiger partial charge in [-0.3, -0.25) is 4.79 Å². The van der Waals surface area contributed by atoms with Crippen molar-refractivity contribution in [1.82, 2.24) is 20.9 Å². The maximum atomic E-state index is 12.3. The monoisotopic (exact) mass is 529 g/mol. The number of guanidine groups is 1. The lowest BCUT2D eigenvalue weighted by molar-refractivity contribution is 0.0951. The standard InChI is InChI=1S/C23H39N5O.HI/c1-4-24-23(26-14-8-12-19-9-5-6-10-19)27-18-20-11-7-13-21(17-20)22(29)25-15-16-28(2)3;/h7,11,13,17,19H,4-6,8-10,12,14-16,18H2,1-3H3,(H,25,29)(H2,24,26,27);1H. The van der Waals surface area contributed by atoms with Crippen molar-refractivity contribution in [3.8, 4) is 0 Å². The zero-order valence-corrected chi connectivity index (χ0v) is 21.2. The van der Waals surface area contributed by atoms with Gasteiger partial charge in [-0.05, 0) is 57.5 Å². The third kappa shape index (κ3) is 10.6. The summed E-state index contributed by atoms with van der Waals surface area (Å²) in [6.45, 7) is 5.89. The fourth-order valence-corrected chi connectivity index (χ4v) is 3.71. The lowest BCUT2D eigenvalue weighted by Gasteiger charge is -2.13. The molecule has 1 aromatic carbocycles. The Kier molecular flexibility index (Phi) is 13.7. The highest BCUT2D eigenvalue weighted by Gasteiger charge is 2.14. The Bertz CT molecular complexity index is 644. The highest BCUT2D eigenvalue weighted by Crippen LogP contribution is 2.28. The van der Waals surface area contributed by atoms with Crippen LogP contribution in [-0.2, 0) is 6.54 Å². The van der Waals surface area contributed by atoms with E-state index in [2.05, 4.69) is 27.8 Å². The van der Waals surface area contributed by atoms with Gasteiger partial charge in [0.15, 0.2) is 5.96 Å². The van der Waals surface area contributed by atoms with Crippen molar-refractivity contribution < 1.29 is 4.79 Å². The molecule has 0 unspecified atom stereocenters. The summed E-state index contributed by atoms with van der Waals surface area (Å²) in [4.78, 5) is 19.1. The van der Waals surface area contributed by atoms with Crippen LogP contribution in [0.25, 0.3) is 0 Å². The van der Waals surface area contributed by atoms with Gasteiger partial charge in [-0.1, -0.05) is 37.8 Å². The van der Waals surface area contributed by atoms with Crippen LogP contribution in [0.2, 0.25) is 0 Å². The molecule has 0 heterocycles. The summed E-state index contributed by atoms with van der Waals surface area (Å²) >= 11 is 0. The average Bonchev–Trinajstić information content (AvgIpc) is 3.22. The van der Waals surface area contributed by atoms with E-state index in [9.17, 15) is 4.79 Å². The minimum atomic E-state index is -0.0328. The number of aliphatic imine (C=N–C) groups is 1. The van der Waals surface area contributed by atoms with E-state index >= 15 is 0 Å². The topological polar surface area (TPSA) is 68.8 Å². The van der Waals surface area contributed by atoms with Crippen molar-refractivity contribution in [2.24, 2.45) is 10.9 Å². The summed E-state index contributed by atoms with van der Waals surface area (Å²) < 4.78 is 0. The quantitative estimate of drug-likeness (QED) is 0.177. The van der Waals surface area contributed by atoms with Gasteiger partial charge in [0.1, 0.15) is 0 Å². The minimum absolute atomic E-state index is 0. The molecule has 0 saturated heterocycles. The highest BCUT2D eigenvalue weighted by atomic mass is 127. The zero-order chi connectivity index (χ0) is 20.9. The van der Waals surface area contributed by atoms with Crippen LogP contribution in [0.1, 0.15) is 61.4 Å². The molecule has 0 atom stereocenters. The number of benzene rings is 1. The summed E-state index contributed by atoms with van der Waals surface area (Å²) in [5.74, 6) is 1.75. The summed E-state index contributed by atoms with van der Waals surface area (Å²) in [5, 5.41) is 9.72. The summed E-state index contributed by atoms with van der Waals surface area (Å²) in [6, 6.07) is 7.72. The van der Waals surface area contributed by atoms with E-state index in [-0.39, 0.29) is 29.9 Å². The second-order valence-corrected chi connectivity index (χ2v) is 8.17. The normalized spacial score (nSPS) is 14.5. The van der Waals surface area contributed by atoms with Crippen molar-refractivity contribution in [2.75, 3.05) is 40.3 Å². The molecule has 0 aromatic heterocycles. The Labute approximate surface area is 199 Å². The van der Waals surface area contributed by atoms with E-state index < -0.39 is 0 Å². The molecule has 1 aromatic rings. The molecule has 170 valence electrons. The molecule has 3 N–H and O–H groups in total. The van der Waals surface area contributed by atoms with Crippen molar-refractivity contribution in [2.45, 2.75) is 52.0 Å². The van der Waals surface area contributed by atoms with Gasteiger partial charge in [0.2, 0.25) is 0 Å². The second-order valence-electron chi connectivity index (χ2n) is 8.17. The number of nitrogens with one attached hydrogen (secondary N) is 3. The van der Waals surface area contributed by atoms with Crippen LogP contribution in [0.15, 0.2) is 29.3 Å². The maximum absolute atomic E-state index is 12.3. The molecule has 1 fully saturated rings. The zero-order valence-electron chi connectivity index (χ0n) is 18.9. The molecule has 0 bridgehead atoms. The van der Waals surface area contributed by atoms with Crippen molar-refractivity contribution in [1.29, 1.82) is 0 Å². The Morgan fingerprint density at radius 2 is 1.90 bits per heavy atom. The van der Waals surface area contributed by atoms with Gasteiger partial charge in [-0.25, -0.2) is 4.99 Å². The number of carbonyl (C=O) groups excluding carboxylic acids is 1. The largest absolute Gasteiger partial charge is 0.357 e. The second kappa shape index (κ2) is 15.5. The summed E-state index contributed by atoms with van der Waals surface area (Å²) in [5.41, 5.74) is 1.72. The summed E-state index contributed by atoms with van der Waals surface area (Å²) in [7, 11) is 3.99. The number of nitrogens with zero attached hydrogens (tertiary/aromatic N) is 2. The Balaban J connectivity index is 0.00000450. The van der Waals surface area contributed by atoms with Gasteiger partial charge in [0.05, 0.1) is 6.54 Å². The molecule has 1 aliphatic rings. The van der Waals surface area contributed by atoms with Crippen LogP contribution in [-0.4, -0.2) is 57.0 Å². The van der Waals surface area contributed by atoms with Gasteiger partial charge in [-0.2, -0.15) is 0 Å².